The van der Waals surface area contributed by atoms with Gasteiger partial charge in [0.05, 0.1) is 0 Å². The lowest BCUT2D eigenvalue weighted by atomic mass is 9.65. The summed E-state index contributed by atoms with van der Waals surface area (Å²) in [6, 6.07) is 6.07. The van der Waals surface area contributed by atoms with Gasteiger partial charge in [0.1, 0.15) is 5.75 Å². The Balaban J connectivity index is 2.07. The predicted molar refractivity (Wildman–Crippen MR) is 81.6 cm³/mol. The molecule has 0 bridgehead atoms. The van der Waals surface area contributed by atoms with Gasteiger partial charge in [-0.2, -0.15) is 0 Å². The summed E-state index contributed by atoms with van der Waals surface area (Å²) in [5, 5.41) is 3.43. The van der Waals surface area contributed by atoms with Gasteiger partial charge in [-0.15, -0.1) is 13.2 Å². The molecular weight excluding hydrogens is 291 g/mol. The van der Waals surface area contributed by atoms with Crippen LogP contribution in [0.5, 0.6) is 5.75 Å². The Bertz CT molecular complexity index is 496. The van der Waals surface area contributed by atoms with E-state index in [1.165, 1.54) is 12.1 Å². The molecule has 1 aromatic carbocycles. The fraction of sp³-hybridized carbons (Fsp3) is 0.588. The summed E-state index contributed by atoms with van der Waals surface area (Å²) in [4.78, 5) is 0. The van der Waals surface area contributed by atoms with E-state index >= 15 is 0 Å². The summed E-state index contributed by atoms with van der Waals surface area (Å²) in [7, 11) is 0. The van der Waals surface area contributed by atoms with Crippen LogP contribution in [0.4, 0.5) is 18.9 Å². The van der Waals surface area contributed by atoms with Crippen molar-refractivity contribution in [3.8, 4) is 5.75 Å². The number of halogens is 3. The second-order valence-electron chi connectivity index (χ2n) is 6.99. The molecule has 0 saturated heterocycles. The van der Waals surface area contributed by atoms with Crippen LogP contribution in [0.2, 0.25) is 0 Å². The van der Waals surface area contributed by atoms with Crippen molar-refractivity contribution in [2.75, 3.05) is 5.32 Å². The first kappa shape index (κ1) is 17.0. The van der Waals surface area contributed by atoms with Crippen molar-refractivity contribution in [2.45, 2.75) is 46.0 Å². The molecule has 2 rings (SSSR count). The van der Waals surface area contributed by atoms with Gasteiger partial charge in [-0.05, 0) is 61.3 Å². The van der Waals surface area contributed by atoms with Crippen molar-refractivity contribution < 1.29 is 17.9 Å². The van der Waals surface area contributed by atoms with Crippen LogP contribution in [-0.4, -0.2) is 12.4 Å². The zero-order valence-electron chi connectivity index (χ0n) is 13.2. The van der Waals surface area contributed by atoms with E-state index in [4.69, 9.17) is 0 Å². The maximum absolute atomic E-state index is 12.2. The zero-order valence-corrected chi connectivity index (χ0v) is 13.2. The summed E-state index contributed by atoms with van der Waals surface area (Å²) in [6.07, 6.45) is -2.50. The van der Waals surface area contributed by atoms with Gasteiger partial charge in [-0.1, -0.05) is 20.8 Å². The summed E-state index contributed by atoms with van der Waals surface area (Å²) >= 11 is 0. The van der Waals surface area contributed by atoms with Crippen molar-refractivity contribution in [3.63, 3.8) is 0 Å². The molecule has 1 fully saturated rings. The quantitative estimate of drug-likeness (QED) is 0.820. The second kappa shape index (κ2) is 6.01. The van der Waals surface area contributed by atoms with Gasteiger partial charge in [0.25, 0.3) is 0 Å². The first-order valence-electron chi connectivity index (χ1n) is 7.52. The number of rotatable bonds is 3. The summed E-state index contributed by atoms with van der Waals surface area (Å²) in [5.74, 6) is 0.698. The van der Waals surface area contributed by atoms with Crippen molar-refractivity contribution in [1.29, 1.82) is 0 Å². The van der Waals surface area contributed by atoms with Crippen LogP contribution in [0.25, 0.3) is 0 Å². The molecule has 1 unspecified atom stereocenters. The highest BCUT2D eigenvalue weighted by molar-refractivity contribution is 5.47. The van der Waals surface area contributed by atoms with Crippen molar-refractivity contribution >= 4 is 5.69 Å². The maximum atomic E-state index is 12.2. The Kier molecular flexibility index (Phi) is 4.64. The maximum Gasteiger partial charge on any atom is 0.573 e. The molecule has 5 heteroatoms. The molecular formula is C17H23F3NO. The summed E-state index contributed by atoms with van der Waals surface area (Å²) in [5.41, 5.74) is 0.876. The number of hydrogen-bond acceptors (Lipinski definition) is 2. The minimum atomic E-state index is -4.66. The Morgan fingerprint density at radius 1 is 1.23 bits per heavy atom. The standard InChI is InChI=1S/C17H23F3NO/c1-11-9-12(2)15(16(3,4)10-11)21-13-5-7-14(8-6-13)22-17(18,19)20/h5-8,11-12,15,21H,2,9-10H2,1,3-4H3/t11-,12-,15?/m1/s1. The van der Waals surface area contributed by atoms with Gasteiger partial charge < -0.3 is 10.1 Å². The van der Waals surface area contributed by atoms with E-state index in [1.807, 2.05) is 0 Å². The molecule has 0 aliphatic heterocycles. The molecule has 3 atom stereocenters. The van der Waals surface area contributed by atoms with Gasteiger partial charge in [0.15, 0.2) is 0 Å². The SMILES string of the molecule is [CH2][C@@H]1C[C@@H](C)CC(C)(C)C1Nc1ccc(OC(F)(F)F)cc1. The topological polar surface area (TPSA) is 21.3 Å². The predicted octanol–water partition coefficient (Wildman–Crippen LogP) is 5.27. The molecule has 0 aromatic heterocycles. The molecule has 0 amide bonds. The van der Waals surface area contributed by atoms with Crippen LogP contribution >= 0.6 is 0 Å². The van der Waals surface area contributed by atoms with Crippen molar-refractivity contribution in [3.05, 3.63) is 31.2 Å². The van der Waals surface area contributed by atoms with Crippen LogP contribution in [-0.2, 0) is 0 Å². The summed E-state index contributed by atoms with van der Waals surface area (Å²) < 4.78 is 40.4. The zero-order chi connectivity index (χ0) is 16.5. The van der Waals surface area contributed by atoms with Gasteiger partial charge >= 0.3 is 6.36 Å². The number of benzene rings is 1. The normalized spacial score (nSPS) is 28.2. The van der Waals surface area contributed by atoms with E-state index in [1.54, 1.807) is 12.1 Å². The highest BCUT2D eigenvalue weighted by Gasteiger charge is 2.39. The average molecular weight is 314 g/mol. The van der Waals surface area contributed by atoms with Crippen LogP contribution in [0.1, 0.15) is 33.6 Å². The molecule has 1 aliphatic carbocycles. The lowest BCUT2D eigenvalue weighted by Crippen LogP contribution is -2.46. The molecule has 0 spiro atoms. The highest BCUT2D eigenvalue weighted by atomic mass is 19.4. The average Bonchev–Trinajstić information content (AvgIpc) is 2.33. The number of alkyl halides is 3. The van der Waals surface area contributed by atoms with E-state index in [-0.39, 0.29) is 23.1 Å². The fourth-order valence-corrected chi connectivity index (χ4v) is 3.64. The molecule has 1 N–H and O–H groups in total. The van der Waals surface area contributed by atoms with Gasteiger partial charge in [-0.25, -0.2) is 0 Å². The van der Waals surface area contributed by atoms with Crippen LogP contribution in [0.15, 0.2) is 24.3 Å². The molecule has 1 aliphatic rings. The molecule has 123 valence electrons. The highest BCUT2D eigenvalue weighted by Crippen LogP contribution is 2.43. The molecule has 2 nitrogen and oxygen atoms in total. The van der Waals surface area contributed by atoms with E-state index in [0.717, 1.165) is 18.5 Å². The third-order valence-corrected chi connectivity index (χ3v) is 4.30. The van der Waals surface area contributed by atoms with Gasteiger partial charge in [0, 0.05) is 11.7 Å². The third kappa shape index (κ3) is 4.31. The number of ether oxygens (including phenoxy) is 1. The van der Waals surface area contributed by atoms with Crippen LogP contribution in [0.3, 0.4) is 0 Å². The molecule has 1 aromatic rings. The van der Waals surface area contributed by atoms with E-state index < -0.39 is 6.36 Å². The van der Waals surface area contributed by atoms with Crippen LogP contribution < -0.4 is 10.1 Å². The molecule has 1 radical (unpaired) electrons. The second-order valence-corrected chi connectivity index (χ2v) is 6.99. The van der Waals surface area contributed by atoms with Crippen LogP contribution in [0, 0.1) is 24.2 Å². The lowest BCUT2D eigenvalue weighted by Gasteiger charge is -2.46. The number of anilines is 1. The van der Waals surface area contributed by atoms with E-state index in [0.29, 0.717) is 5.92 Å². The van der Waals surface area contributed by atoms with E-state index in [9.17, 15) is 13.2 Å². The third-order valence-electron chi connectivity index (χ3n) is 4.30. The molecule has 0 heterocycles. The number of hydrogen-bond donors (Lipinski definition) is 1. The fourth-order valence-electron chi connectivity index (χ4n) is 3.64. The Morgan fingerprint density at radius 2 is 1.82 bits per heavy atom. The van der Waals surface area contributed by atoms with Gasteiger partial charge in [-0.3, -0.25) is 0 Å². The minimum absolute atomic E-state index is 0.0885. The molecule has 1 saturated carbocycles. The Hall–Kier alpha value is -1.39. The monoisotopic (exact) mass is 314 g/mol. The first-order chi connectivity index (χ1) is 10.1. The largest absolute Gasteiger partial charge is 0.573 e. The Morgan fingerprint density at radius 3 is 2.32 bits per heavy atom. The van der Waals surface area contributed by atoms with Crippen molar-refractivity contribution in [1.82, 2.24) is 0 Å². The van der Waals surface area contributed by atoms with E-state index in [2.05, 4.69) is 37.7 Å². The Labute approximate surface area is 130 Å². The van der Waals surface area contributed by atoms with Crippen molar-refractivity contribution in [2.24, 2.45) is 17.3 Å². The first-order valence-corrected chi connectivity index (χ1v) is 7.52. The smallest absolute Gasteiger partial charge is 0.406 e. The minimum Gasteiger partial charge on any atom is -0.406 e. The molecule has 22 heavy (non-hydrogen) atoms. The number of nitrogens with one attached hydrogen (secondary N) is 1. The lowest BCUT2D eigenvalue weighted by molar-refractivity contribution is -0.274. The van der Waals surface area contributed by atoms with Gasteiger partial charge in [0.2, 0.25) is 0 Å². The summed E-state index contributed by atoms with van der Waals surface area (Å²) in [6.45, 7) is 10.9.